The highest BCUT2D eigenvalue weighted by Gasteiger charge is 2.43. The van der Waals surface area contributed by atoms with Crippen molar-refractivity contribution in [3.05, 3.63) is 35.9 Å². The quantitative estimate of drug-likeness (QED) is 0.818. The van der Waals surface area contributed by atoms with Gasteiger partial charge < -0.3 is 14.2 Å². The Morgan fingerprint density at radius 1 is 1.26 bits per heavy atom. The Labute approximate surface area is 113 Å². The van der Waals surface area contributed by atoms with Gasteiger partial charge in [-0.3, -0.25) is 4.79 Å². The minimum Gasteiger partial charge on any atom is -0.374 e. The lowest BCUT2D eigenvalue weighted by atomic mass is 10.1. The maximum Gasteiger partial charge on any atom is 0.164 e. The zero-order valence-corrected chi connectivity index (χ0v) is 11.6. The van der Waals surface area contributed by atoms with E-state index in [0.717, 1.165) is 5.56 Å². The van der Waals surface area contributed by atoms with Crippen LogP contribution < -0.4 is 0 Å². The fraction of sp³-hybridized carbons (Fsp3) is 0.533. The lowest BCUT2D eigenvalue weighted by Gasteiger charge is -2.16. The van der Waals surface area contributed by atoms with Crippen molar-refractivity contribution in [3.8, 4) is 0 Å². The Hall–Kier alpha value is -1.23. The molecule has 1 saturated heterocycles. The van der Waals surface area contributed by atoms with Crippen molar-refractivity contribution in [2.75, 3.05) is 6.61 Å². The van der Waals surface area contributed by atoms with E-state index < -0.39 is 11.9 Å². The molecule has 1 aliphatic heterocycles. The zero-order valence-electron chi connectivity index (χ0n) is 11.6. The van der Waals surface area contributed by atoms with Gasteiger partial charge in [0.1, 0.15) is 12.2 Å². The minimum atomic E-state index is -0.725. The van der Waals surface area contributed by atoms with Gasteiger partial charge in [0.05, 0.1) is 13.2 Å². The first-order chi connectivity index (χ1) is 8.98. The molecule has 0 saturated carbocycles. The predicted molar refractivity (Wildman–Crippen MR) is 70.6 cm³/mol. The monoisotopic (exact) mass is 264 g/mol. The SMILES string of the molecule is CC(=O)[C@@H]1OC(C)(C)O[C@H]1COCc1ccccc1. The fourth-order valence-corrected chi connectivity index (χ4v) is 2.17. The fourth-order valence-electron chi connectivity index (χ4n) is 2.17. The minimum absolute atomic E-state index is 0.0288. The van der Waals surface area contributed by atoms with Crippen molar-refractivity contribution in [3.63, 3.8) is 0 Å². The summed E-state index contributed by atoms with van der Waals surface area (Å²) in [6.45, 7) is 5.98. The van der Waals surface area contributed by atoms with Crippen molar-refractivity contribution in [2.24, 2.45) is 0 Å². The second kappa shape index (κ2) is 5.82. The summed E-state index contributed by atoms with van der Waals surface area (Å²) in [5.41, 5.74) is 1.10. The van der Waals surface area contributed by atoms with Gasteiger partial charge in [0.15, 0.2) is 11.6 Å². The molecule has 1 aliphatic rings. The van der Waals surface area contributed by atoms with Gasteiger partial charge in [-0.25, -0.2) is 0 Å². The third kappa shape index (κ3) is 3.86. The molecule has 1 aromatic carbocycles. The maximum atomic E-state index is 11.5. The van der Waals surface area contributed by atoms with Crippen molar-refractivity contribution >= 4 is 5.78 Å². The Kier molecular flexibility index (Phi) is 4.34. The number of carbonyl (C=O) groups excluding carboxylic acids is 1. The van der Waals surface area contributed by atoms with E-state index in [1.807, 2.05) is 30.3 Å². The molecule has 2 atom stereocenters. The first-order valence-electron chi connectivity index (χ1n) is 6.46. The van der Waals surface area contributed by atoms with Crippen LogP contribution >= 0.6 is 0 Å². The maximum absolute atomic E-state index is 11.5. The zero-order chi connectivity index (χ0) is 13.9. The molecule has 1 heterocycles. The number of carbonyl (C=O) groups is 1. The van der Waals surface area contributed by atoms with Crippen LogP contribution in [0.25, 0.3) is 0 Å². The van der Waals surface area contributed by atoms with Crippen LogP contribution in [0.5, 0.6) is 0 Å². The number of Topliss-reactive ketones (excluding diaryl/α,β-unsaturated/α-hetero) is 1. The molecule has 0 N–H and O–H groups in total. The molecule has 4 nitrogen and oxygen atoms in total. The molecule has 104 valence electrons. The van der Waals surface area contributed by atoms with Crippen molar-refractivity contribution in [1.82, 2.24) is 0 Å². The molecule has 0 spiro atoms. The average molecular weight is 264 g/mol. The summed E-state index contributed by atoms with van der Waals surface area (Å²) in [7, 11) is 0. The average Bonchev–Trinajstić information content (AvgIpc) is 2.66. The number of rotatable bonds is 5. The van der Waals surface area contributed by atoms with Gasteiger partial charge in [-0.05, 0) is 26.3 Å². The number of hydrogen-bond acceptors (Lipinski definition) is 4. The molecule has 0 bridgehead atoms. The van der Waals surface area contributed by atoms with Gasteiger partial charge in [-0.2, -0.15) is 0 Å². The van der Waals surface area contributed by atoms with E-state index in [-0.39, 0.29) is 11.9 Å². The Bertz CT molecular complexity index is 427. The van der Waals surface area contributed by atoms with Crippen LogP contribution in [0.2, 0.25) is 0 Å². The number of benzene rings is 1. The lowest BCUT2D eigenvalue weighted by molar-refractivity contribution is -0.156. The molecule has 2 rings (SSSR count). The van der Waals surface area contributed by atoms with E-state index in [9.17, 15) is 4.79 Å². The third-order valence-corrected chi connectivity index (χ3v) is 2.98. The number of ketones is 1. The van der Waals surface area contributed by atoms with Gasteiger partial charge in [-0.1, -0.05) is 30.3 Å². The molecule has 0 aliphatic carbocycles. The van der Waals surface area contributed by atoms with E-state index in [2.05, 4.69) is 0 Å². The van der Waals surface area contributed by atoms with Crippen LogP contribution in [0.3, 0.4) is 0 Å². The van der Waals surface area contributed by atoms with Crippen molar-refractivity contribution in [2.45, 2.75) is 45.4 Å². The summed E-state index contributed by atoms with van der Waals surface area (Å²) in [6, 6.07) is 9.90. The van der Waals surface area contributed by atoms with E-state index in [1.165, 1.54) is 6.92 Å². The van der Waals surface area contributed by atoms with Crippen LogP contribution in [0.4, 0.5) is 0 Å². The van der Waals surface area contributed by atoms with E-state index in [4.69, 9.17) is 14.2 Å². The highest BCUT2D eigenvalue weighted by atomic mass is 16.8. The molecule has 0 amide bonds. The van der Waals surface area contributed by atoms with Crippen LogP contribution in [-0.2, 0) is 25.6 Å². The molecule has 1 aromatic rings. The van der Waals surface area contributed by atoms with Gasteiger partial charge >= 0.3 is 0 Å². The van der Waals surface area contributed by atoms with Crippen LogP contribution in [-0.4, -0.2) is 30.4 Å². The summed E-state index contributed by atoms with van der Waals surface area (Å²) in [5.74, 6) is -0.754. The smallest absolute Gasteiger partial charge is 0.164 e. The predicted octanol–water partition coefficient (Wildman–Crippen LogP) is 2.31. The van der Waals surface area contributed by atoms with Gasteiger partial charge in [0.2, 0.25) is 0 Å². The van der Waals surface area contributed by atoms with E-state index >= 15 is 0 Å². The Morgan fingerprint density at radius 3 is 2.58 bits per heavy atom. The van der Waals surface area contributed by atoms with E-state index in [1.54, 1.807) is 13.8 Å². The summed E-state index contributed by atoms with van der Waals surface area (Å²) >= 11 is 0. The standard InChI is InChI=1S/C15H20O4/c1-11(16)14-13(18-15(2,3)19-14)10-17-9-12-7-5-4-6-8-12/h4-8,13-14H,9-10H2,1-3H3/t13-,14-/m0/s1. The highest BCUT2D eigenvalue weighted by molar-refractivity contribution is 5.81. The largest absolute Gasteiger partial charge is 0.374 e. The third-order valence-electron chi connectivity index (χ3n) is 2.98. The lowest BCUT2D eigenvalue weighted by Crippen LogP contribution is -2.33. The van der Waals surface area contributed by atoms with Crippen LogP contribution in [0, 0.1) is 0 Å². The summed E-state index contributed by atoms with van der Waals surface area (Å²) in [5, 5.41) is 0. The second-order valence-electron chi connectivity index (χ2n) is 5.21. The van der Waals surface area contributed by atoms with Crippen LogP contribution in [0.15, 0.2) is 30.3 Å². The molecule has 19 heavy (non-hydrogen) atoms. The van der Waals surface area contributed by atoms with Gasteiger partial charge in [0.25, 0.3) is 0 Å². The highest BCUT2D eigenvalue weighted by Crippen LogP contribution is 2.28. The normalized spacial score (nSPS) is 25.4. The Morgan fingerprint density at radius 2 is 1.95 bits per heavy atom. The molecule has 4 heteroatoms. The van der Waals surface area contributed by atoms with Crippen molar-refractivity contribution < 1.29 is 19.0 Å². The summed E-state index contributed by atoms with van der Waals surface area (Å²) in [4.78, 5) is 11.5. The first kappa shape index (κ1) is 14.2. The molecular weight excluding hydrogens is 244 g/mol. The number of hydrogen-bond donors (Lipinski definition) is 0. The molecule has 0 unspecified atom stereocenters. The van der Waals surface area contributed by atoms with Gasteiger partial charge in [-0.15, -0.1) is 0 Å². The van der Waals surface area contributed by atoms with Crippen LogP contribution in [0.1, 0.15) is 26.3 Å². The molecule has 0 radical (unpaired) electrons. The number of ether oxygens (including phenoxy) is 3. The molecule has 0 aromatic heterocycles. The second-order valence-corrected chi connectivity index (χ2v) is 5.21. The molecule has 1 fully saturated rings. The summed E-state index contributed by atoms with van der Waals surface area (Å²) in [6.07, 6.45) is -0.873. The summed E-state index contributed by atoms with van der Waals surface area (Å²) < 4.78 is 16.9. The van der Waals surface area contributed by atoms with Crippen molar-refractivity contribution in [1.29, 1.82) is 0 Å². The van der Waals surface area contributed by atoms with E-state index in [0.29, 0.717) is 13.2 Å². The Balaban J connectivity index is 1.86. The first-order valence-corrected chi connectivity index (χ1v) is 6.46. The topological polar surface area (TPSA) is 44.8 Å². The van der Waals surface area contributed by atoms with Gasteiger partial charge in [0, 0.05) is 0 Å². The molecular formula is C15H20O4.